The molecule has 0 unspecified atom stereocenters. The van der Waals surface area contributed by atoms with Gasteiger partial charge in [0.05, 0.1) is 0 Å². The number of nitrogens with zero attached hydrogens (tertiary/aromatic N) is 4. The van der Waals surface area contributed by atoms with Gasteiger partial charge < -0.3 is 15.0 Å². The second kappa shape index (κ2) is 3.77. The standard InChI is InChI=1S/C10H16N4O2/c1-7-11-9(14(15)16)10(13(7)3)12(2)6-8-4-5-8/h8H,4-6H2,1-3H3. The van der Waals surface area contributed by atoms with Crippen LogP contribution in [0.15, 0.2) is 0 Å². The summed E-state index contributed by atoms with van der Waals surface area (Å²) < 4.78 is 1.78. The molecule has 1 aromatic heterocycles. The van der Waals surface area contributed by atoms with Crippen molar-refractivity contribution < 1.29 is 4.92 Å². The molecular weight excluding hydrogens is 208 g/mol. The monoisotopic (exact) mass is 224 g/mol. The van der Waals surface area contributed by atoms with E-state index in [9.17, 15) is 10.1 Å². The number of aromatic nitrogens is 2. The van der Waals surface area contributed by atoms with Crippen LogP contribution in [-0.4, -0.2) is 28.1 Å². The minimum Gasteiger partial charge on any atom is -0.358 e. The average Bonchev–Trinajstić information content (AvgIpc) is 2.94. The van der Waals surface area contributed by atoms with Gasteiger partial charge in [0.2, 0.25) is 11.6 Å². The Labute approximate surface area is 94.0 Å². The van der Waals surface area contributed by atoms with E-state index in [2.05, 4.69) is 4.98 Å². The first-order valence-electron chi connectivity index (χ1n) is 5.39. The summed E-state index contributed by atoms with van der Waals surface area (Å²) in [7, 11) is 3.70. The largest absolute Gasteiger partial charge is 0.406 e. The van der Waals surface area contributed by atoms with Gasteiger partial charge in [0, 0.05) is 27.6 Å². The second-order valence-electron chi connectivity index (χ2n) is 4.45. The summed E-state index contributed by atoms with van der Waals surface area (Å²) in [5, 5.41) is 10.9. The van der Waals surface area contributed by atoms with Crippen LogP contribution < -0.4 is 4.90 Å². The van der Waals surface area contributed by atoms with Crippen molar-refractivity contribution in [3.63, 3.8) is 0 Å². The van der Waals surface area contributed by atoms with Crippen molar-refractivity contribution in [2.75, 3.05) is 18.5 Å². The Morgan fingerprint density at radius 2 is 2.25 bits per heavy atom. The second-order valence-corrected chi connectivity index (χ2v) is 4.45. The quantitative estimate of drug-likeness (QED) is 0.574. The zero-order valence-corrected chi connectivity index (χ0v) is 9.80. The van der Waals surface area contributed by atoms with Gasteiger partial charge in [-0.3, -0.25) is 4.57 Å². The van der Waals surface area contributed by atoms with Gasteiger partial charge in [-0.05, 0) is 28.7 Å². The smallest absolute Gasteiger partial charge is 0.358 e. The third kappa shape index (κ3) is 1.87. The zero-order valence-electron chi connectivity index (χ0n) is 9.80. The first kappa shape index (κ1) is 10.9. The molecule has 16 heavy (non-hydrogen) atoms. The lowest BCUT2D eigenvalue weighted by Crippen LogP contribution is -2.23. The summed E-state index contributed by atoms with van der Waals surface area (Å²) in [5.74, 6) is 1.93. The van der Waals surface area contributed by atoms with Gasteiger partial charge in [-0.1, -0.05) is 0 Å². The Kier molecular flexibility index (Phi) is 2.57. The number of rotatable bonds is 4. The Hall–Kier alpha value is -1.59. The molecule has 0 atom stereocenters. The highest BCUT2D eigenvalue weighted by Gasteiger charge is 2.30. The van der Waals surface area contributed by atoms with Gasteiger partial charge in [0.25, 0.3) is 0 Å². The highest BCUT2D eigenvalue weighted by molar-refractivity contribution is 5.55. The fourth-order valence-electron chi connectivity index (χ4n) is 1.90. The molecule has 0 amide bonds. The Morgan fingerprint density at radius 1 is 1.62 bits per heavy atom. The molecule has 1 aliphatic rings. The number of anilines is 1. The van der Waals surface area contributed by atoms with Crippen molar-refractivity contribution in [1.82, 2.24) is 9.55 Å². The predicted molar refractivity (Wildman–Crippen MR) is 60.6 cm³/mol. The van der Waals surface area contributed by atoms with E-state index in [1.807, 2.05) is 19.0 Å². The maximum Gasteiger partial charge on any atom is 0.406 e. The molecule has 1 fully saturated rings. The highest BCUT2D eigenvalue weighted by Crippen LogP contribution is 2.33. The van der Waals surface area contributed by atoms with E-state index in [0.717, 1.165) is 6.54 Å². The number of aryl methyl sites for hydroxylation is 1. The Morgan fingerprint density at radius 3 is 2.75 bits per heavy atom. The first-order chi connectivity index (χ1) is 7.50. The molecule has 0 saturated heterocycles. The molecule has 2 rings (SSSR count). The van der Waals surface area contributed by atoms with E-state index in [4.69, 9.17) is 0 Å². The lowest BCUT2D eigenvalue weighted by atomic mass is 10.4. The van der Waals surface area contributed by atoms with E-state index in [1.165, 1.54) is 12.8 Å². The highest BCUT2D eigenvalue weighted by atomic mass is 16.6. The van der Waals surface area contributed by atoms with Gasteiger partial charge in [-0.2, -0.15) is 0 Å². The molecule has 0 aromatic carbocycles. The topological polar surface area (TPSA) is 64.2 Å². The van der Waals surface area contributed by atoms with Gasteiger partial charge in [0.1, 0.15) is 0 Å². The summed E-state index contributed by atoms with van der Waals surface area (Å²) in [4.78, 5) is 16.4. The van der Waals surface area contributed by atoms with Crippen LogP contribution in [0, 0.1) is 23.0 Å². The van der Waals surface area contributed by atoms with Crippen molar-refractivity contribution in [3.05, 3.63) is 15.9 Å². The fraction of sp³-hybridized carbons (Fsp3) is 0.700. The fourth-order valence-corrected chi connectivity index (χ4v) is 1.90. The first-order valence-corrected chi connectivity index (χ1v) is 5.39. The predicted octanol–water partition coefficient (Wildman–Crippen LogP) is 1.48. The van der Waals surface area contributed by atoms with Crippen molar-refractivity contribution in [2.24, 2.45) is 13.0 Å². The molecule has 1 aliphatic carbocycles. The van der Waals surface area contributed by atoms with Crippen LogP contribution in [-0.2, 0) is 7.05 Å². The molecule has 88 valence electrons. The number of imidazole rings is 1. The van der Waals surface area contributed by atoms with Crippen LogP contribution in [0.5, 0.6) is 0 Å². The molecule has 0 N–H and O–H groups in total. The van der Waals surface area contributed by atoms with Gasteiger partial charge in [-0.15, -0.1) is 0 Å². The zero-order chi connectivity index (χ0) is 11.9. The normalized spacial score (nSPS) is 15.2. The van der Waals surface area contributed by atoms with Crippen molar-refractivity contribution in [3.8, 4) is 0 Å². The molecule has 1 aromatic rings. The molecule has 0 spiro atoms. The summed E-state index contributed by atoms with van der Waals surface area (Å²) in [6, 6.07) is 0. The van der Waals surface area contributed by atoms with E-state index in [1.54, 1.807) is 11.5 Å². The van der Waals surface area contributed by atoms with Crippen LogP contribution >= 0.6 is 0 Å². The van der Waals surface area contributed by atoms with Gasteiger partial charge in [-0.25, -0.2) is 0 Å². The van der Waals surface area contributed by atoms with Crippen LogP contribution in [0.1, 0.15) is 18.7 Å². The lowest BCUT2D eigenvalue weighted by Gasteiger charge is -2.17. The molecule has 6 heteroatoms. The number of hydrogen-bond donors (Lipinski definition) is 0. The molecular formula is C10H16N4O2. The maximum atomic E-state index is 10.9. The Bertz CT molecular complexity index is 423. The van der Waals surface area contributed by atoms with Gasteiger partial charge >= 0.3 is 5.82 Å². The summed E-state index contributed by atoms with van der Waals surface area (Å²) in [6.45, 7) is 2.65. The van der Waals surface area contributed by atoms with E-state index >= 15 is 0 Å². The van der Waals surface area contributed by atoms with Crippen molar-refractivity contribution in [1.29, 1.82) is 0 Å². The molecule has 0 aliphatic heterocycles. The number of nitro groups is 1. The SMILES string of the molecule is Cc1nc([N+](=O)[O-])c(N(C)CC2CC2)n1C. The average molecular weight is 224 g/mol. The lowest BCUT2D eigenvalue weighted by molar-refractivity contribution is -0.388. The Balaban J connectivity index is 2.32. The summed E-state index contributed by atoms with van der Waals surface area (Å²) >= 11 is 0. The molecule has 0 bridgehead atoms. The molecule has 1 heterocycles. The maximum absolute atomic E-state index is 10.9. The van der Waals surface area contributed by atoms with Crippen LogP contribution in [0.2, 0.25) is 0 Å². The van der Waals surface area contributed by atoms with Crippen molar-refractivity contribution in [2.45, 2.75) is 19.8 Å². The third-order valence-electron chi connectivity index (χ3n) is 3.03. The van der Waals surface area contributed by atoms with Crippen LogP contribution in [0.3, 0.4) is 0 Å². The van der Waals surface area contributed by atoms with E-state index in [-0.39, 0.29) is 5.82 Å². The summed E-state index contributed by atoms with van der Waals surface area (Å²) in [5.41, 5.74) is 0. The molecule has 6 nitrogen and oxygen atoms in total. The van der Waals surface area contributed by atoms with Crippen LogP contribution in [0.25, 0.3) is 0 Å². The third-order valence-corrected chi connectivity index (χ3v) is 3.03. The molecule has 1 saturated carbocycles. The van der Waals surface area contributed by atoms with E-state index < -0.39 is 4.92 Å². The minimum atomic E-state index is -0.411. The van der Waals surface area contributed by atoms with E-state index in [0.29, 0.717) is 17.6 Å². The van der Waals surface area contributed by atoms with Crippen LogP contribution in [0.4, 0.5) is 11.6 Å². The molecule has 0 radical (unpaired) electrons. The number of hydrogen-bond acceptors (Lipinski definition) is 4. The summed E-state index contributed by atoms with van der Waals surface area (Å²) in [6.07, 6.45) is 2.46. The van der Waals surface area contributed by atoms with Crippen molar-refractivity contribution >= 4 is 11.6 Å². The minimum absolute atomic E-state index is 0.0387. The van der Waals surface area contributed by atoms with Gasteiger partial charge in [0.15, 0.2) is 0 Å².